The minimum atomic E-state index is -1.20. The molecule has 1 aliphatic heterocycles. The highest BCUT2D eigenvalue weighted by molar-refractivity contribution is 6.30. The van der Waals surface area contributed by atoms with E-state index in [-0.39, 0.29) is 17.6 Å². The van der Waals surface area contributed by atoms with Gasteiger partial charge in [-0.3, -0.25) is 9.59 Å². The van der Waals surface area contributed by atoms with Crippen molar-refractivity contribution < 1.29 is 19.1 Å². The monoisotopic (exact) mass is 416 g/mol. The number of hydrogen-bond donors (Lipinski definition) is 1. The summed E-state index contributed by atoms with van der Waals surface area (Å²) in [7, 11) is 0. The fraction of sp³-hybridized carbons (Fsp3) is 0.364. The number of aliphatic hydroxyl groups is 1. The van der Waals surface area contributed by atoms with Crippen molar-refractivity contribution in [2.45, 2.75) is 24.9 Å². The van der Waals surface area contributed by atoms with Crippen LogP contribution < -0.4 is 0 Å². The first kappa shape index (κ1) is 19.9. The summed E-state index contributed by atoms with van der Waals surface area (Å²) in [6, 6.07) is 11.1. The molecule has 0 bridgehead atoms. The second-order valence-corrected chi connectivity index (χ2v) is 8.11. The average Bonchev–Trinajstić information content (AvgIpc) is 2.73. The van der Waals surface area contributed by atoms with Crippen LogP contribution in [0.2, 0.25) is 5.02 Å². The Bertz CT molecular complexity index is 936. The lowest BCUT2D eigenvalue weighted by Crippen LogP contribution is -2.58. The van der Waals surface area contributed by atoms with Crippen LogP contribution in [-0.4, -0.2) is 58.5 Å². The Morgan fingerprint density at radius 1 is 0.966 bits per heavy atom. The van der Waals surface area contributed by atoms with Crippen molar-refractivity contribution in [1.82, 2.24) is 9.80 Å². The van der Waals surface area contributed by atoms with E-state index in [1.807, 2.05) is 0 Å². The molecular weight excluding hydrogens is 395 g/mol. The molecule has 0 spiro atoms. The molecule has 0 aromatic heterocycles. The van der Waals surface area contributed by atoms with Crippen LogP contribution in [0, 0.1) is 5.82 Å². The lowest BCUT2D eigenvalue weighted by molar-refractivity contribution is -0.161. The van der Waals surface area contributed by atoms with Gasteiger partial charge >= 0.3 is 0 Å². The Balaban J connectivity index is 1.40. The summed E-state index contributed by atoms with van der Waals surface area (Å²) in [5, 5.41) is 10.7. The molecule has 2 fully saturated rings. The van der Waals surface area contributed by atoms with E-state index in [0.717, 1.165) is 6.42 Å². The minimum Gasteiger partial charge on any atom is -0.380 e. The van der Waals surface area contributed by atoms with Crippen LogP contribution in [0.25, 0.3) is 11.1 Å². The first-order chi connectivity index (χ1) is 13.9. The summed E-state index contributed by atoms with van der Waals surface area (Å²) in [6.45, 7) is 1.67. The molecule has 4 rings (SSSR count). The van der Waals surface area contributed by atoms with E-state index in [0.29, 0.717) is 60.7 Å². The molecule has 29 heavy (non-hydrogen) atoms. The molecule has 1 aliphatic carbocycles. The zero-order valence-corrected chi connectivity index (χ0v) is 16.7. The third-order valence-corrected chi connectivity index (χ3v) is 6.04. The smallest absolute Gasteiger partial charge is 0.254 e. The third kappa shape index (κ3) is 3.87. The van der Waals surface area contributed by atoms with Gasteiger partial charge < -0.3 is 14.9 Å². The molecule has 2 amide bonds. The van der Waals surface area contributed by atoms with E-state index >= 15 is 0 Å². The van der Waals surface area contributed by atoms with Gasteiger partial charge in [-0.05, 0) is 55.2 Å². The van der Waals surface area contributed by atoms with Crippen LogP contribution >= 0.6 is 11.6 Å². The van der Waals surface area contributed by atoms with Crippen molar-refractivity contribution in [3.63, 3.8) is 0 Å². The third-order valence-electron chi connectivity index (χ3n) is 5.80. The van der Waals surface area contributed by atoms with Crippen molar-refractivity contribution in [2.24, 2.45) is 0 Å². The zero-order valence-electron chi connectivity index (χ0n) is 15.9. The second kappa shape index (κ2) is 7.76. The first-order valence-electron chi connectivity index (χ1n) is 9.74. The number of rotatable bonds is 3. The summed E-state index contributed by atoms with van der Waals surface area (Å²) in [4.78, 5) is 28.5. The minimum absolute atomic E-state index is 0.127. The van der Waals surface area contributed by atoms with Crippen LogP contribution in [0.5, 0.6) is 0 Å². The molecule has 1 N–H and O–H groups in total. The number of benzene rings is 2. The van der Waals surface area contributed by atoms with Gasteiger partial charge in [0.05, 0.1) is 0 Å². The van der Waals surface area contributed by atoms with Crippen LogP contribution in [0.1, 0.15) is 29.6 Å². The molecule has 0 atom stereocenters. The molecule has 1 heterocycles. The number of halogens is 2. The molecule has 152 valence electrons. The molecule has 1 saturated carbocycles. The number of amides is 2. The molecular formula is C22H22ClFN2O3. The van der Waals surface area contributed by atoms with Gasteiger partial charge in [-0.15, -0.1) is 0 Å². The molecule has 0 radical (unpaired) electrons. The molecule has 1 saturated heterocycles. The van der Waals surface area contributed by atoms with Gasteiger partial charge in [-0.1, -0.05) is 23.7 Å². The molecule has 7 heteroatoms. The number of carbonyl (C=O) groups excluding carboxylic acids is 2. The highest BCUT2D eigenvalue weighted by Gasteiger charge is 2.45. The summed E-state index contributed by atoms with van der Waals surface area (Å²) >= 11 is 5.95. The van der Waals surface area contributed by atoms with Crippen molar-refractivity contribution >= 4 is 23.4 Å². The van der Waals surface area contributed by atoms with Gasteiger partial charge in [-0.2, -0.15) is 0 Å². The number of piperazine rings is 1. The Hall–Kier alpha value is -2.44. The maximum Gasteiger partial charge on any atom is 0.254 e. The molecule has 0 unspecified atom stereocenters. The quantitative estimate of drug-likeness (QED) is 0.834. The van der Waals surface area contributed by atoms with E-state index in [1.54, 1.807) is 40.1 Å². The van der Waals surface area contributed by atoms with E-state index in [1.165, 1.54) is 12.1 Å². The molecule has 2 aliphatic rings. The van der Waals surface area contributed by atoms with Gasteiger partial charge in [-0.25, -0.2) is 4.39 Å². The van der Waals surface area contributed by atoms with Crippen LogP contribution in [0.3, 0.4) is 0 Å². The van der Waals surface area contributed by atoms with Gasteiger partial charge in [0.15, 0.2) is 0 Å². The summed E-state index contributed by atoms with van der Waals surface area (Å²) in [6.07, 6.45) is 1.91. The molecule has 2 aromatic rings. The van der Waals surface area contributed by atoms with Crippen molar-refractivity contribution in [3.8, 4) is 11.1 Å². The Labute approximate surface area is 173 Å². The van der Waals surface area contributed by atoms with Crippen molar-refractivity contribution in [3.05, 3.63) is 58.9 Å². The maximum atomic E-state index is 14.0. The predicted octanol–water partition coefficient (Wildman–Crippen LogP) is 3.35. The number of carbonyl (C=O) groups is 2. The lowest BCUT2D eigenvalue weighted by Gasteiger charge is -2.42. The fourth-order valence-corrected chi connectivity index (χ4v) is 4.00. The van der Waals surface area contributed by atoms with E-state index < -0.39 is 5.60 Å². The van der Waals surface area contributed by atoms with Gasteiger partial charge in [0.1, 0.15) is 11.4 Å². The topological polar surface area (TPSA) is 60.9 Å². The van der Waals surface area contributed by atoms with Crippen LogP contribution in [0.4, 0.5) is 4.39 Å². The highest BCUT2D eigenvalue weighted by atomic mass is 35.5. The Morgan fingerprint density at radius 3 is 2.17 bits per heavy atom. The average molecular weight is 417 g/mol. The summed E-state index contributed by atoms with van der Waals surface area (Å²) in [5.41, 5.74) is 0.342. The van der Waals surface area contributed by atoms with Crippen molar-refractivity contribution in [1.29, 1.82) is 0 Å². The van der Waals surface area contributed by atoms with Gasteiger partial charge in [0, 0.05) is 42.3 Å². The van der Waals surface area contributed by atoms with E-state index in [4.69, 9.17) is 11.6 Å². The standard InChI is InChI=1S/C22H22ClFN2O3/c23-17-6-7-19(24)18(14-17)15-2-4-16(5-3-15)20(27)25-10-12-26(13-11-25)21(28)22(29)8-1-9-22/h2-7,14,29H,1,8-13H2. The summed E-state index contributed by atoms with van der Waals surface area (Å²) < 4.78 is 14.0. The van der Waals surface area contributed by atoms with Crippen molar-refractivity contribution in [2.75, 3.05) is 26.2 Å². The number of nitrogens with zero attached hydrogens (tertiary/aromatic N) is 2. The number of hydrogen-bond acceptors (Lipinski definition) is 3. The Kier molecular flexibility index (Phi) is 5.32. The maximum absolute atomic E-state index is 14.0. The van der Waals surface area contributed by atoms with Crippen LogP contribution in [0.15, 0.2) is 42.5 Å². The Morgan fingerprint density at radius 2 is 1.59 bits per heavy atom. The fourth-order valence-electron chi connectivity index (χ4n) is 3.83. The van der Waals surface area contributed by atoms with E-state index in [2.05, 4.69) is 0 Å². The van der Waals surface area contributed by atoms with E-state index in [9.17, 15) is 19.1 Å². The highest BCUT2D eigenvalue weighted by Crippen LogP contribution is 2.33. The SMILES string of the molecule is O=C(c1ccc(-c2cc(Cl)ccc2F)cc1)N1CCN(C(=O)C2(O)CCC2)CC1. The lowest BCUT2D eigenvalue weighted by atomic mass is 9.79. The first-order valence-corrected chi connectivity index (χ1v) is 10.1. The zero-order chi connectivity index (χ0) is 20.6. The van der Waals surface area contributed by atoms with Gasteiger partial charge in [0.2, 0.25) is 0 Å². The van der Waals surface area contributed by atoms with Gasteiger partial charge in [0.25, 0.3) is 11.8 Å². The van der Waals surface area contributed by atoms with Crippen LogP contribution in [-0.2, 0) is 4.79 Å². The molecule has 5 nitrogen and oxygen atoms in total. The largest absolute Gasteiger partial charge is 0.380 e. The summed E-state index contributed by atoms with van der Waals surface area (Å²) in [5.74, 6) is -0.719. The predicted molar refractivity (Wildman–Crippen MR) is 108 cm³/mol. The molecule has 2 aromatic carbocycles. The second-order valence-electron chi connectivity index (χ2n) is 7.67. The normalized spacial score (nSPS) is 18.3.